The number of anilines is 1. The Labute approximate surface area is 117 Å². The molecule has 7 nitrogen and oxygen atoms in total. The highest BCUT2D eigenvalue weighted by atomic mass is 16.1. The average Bonchev–Trinajstić information content (AvgIpc) is 2.99. The van der Waals surface area contributed by atoms with Crippen molar-refractivity contribution in [2.24, 2.45) is 5.92 Å². The fraction of sp³-hybridized carbons (Fsp3) is 0.385. The van der Waals surface area contributed by atoms with Crippen molar-refractivity contribution < 1.29 is 4.79 Å². The van der Waals surface area contributed by atoms with Crippen molar-refractivity contribution in [1.82, 2.24) is 25.1 Å². The molecule has 106 valence electrons. The summed E-state index contributed by atoms with van der Waals surface area (Å²) in [5.74, 6) is 0.535. The molecule has 1 atom stereocenters. The Bertz CT molecular complexity index is 536. The van der Waals surface area contributed by atoms with E-state index >= 15 is 0 Å². The molecule has 2 N–H and O–H groups in total. The normalized spacial score (nSPS) is 12.1. The zero-order chi connectivity index (χ0) is 14.4. The minimum absolute atomic E-state index is 0.0266. The van der Waals surface area contributed by atoms with Crippen LogP contribution in [0.4, 0.5) is 5.69 Å². The van der Waals surface area contributed by atoms with Crippen molar-refractivity contribution in [2.45, 2.75) is 13.8 Å². The number of nitrogens with one attached hydrogen (secondary N) is 2. The maximum Gasteiger partial charge on any atom is 0.228 e. The molecule has 0 radical (unpaired) electrons. The van der Waals surface area contributed by atoms with E-state index < -0.39 is 0 Å². The Kier molecular flexibility index (Phi) is 4.78. The highest BCUT2D eigenvalue weighted by molar-refractivity contribution is 5.92. The summed E-state index contributed by atoms with van der Waals surface area (Å²) in [5.41, 5.74) is 0.669. The number of carbonyl (C=O) groups is 1. The van der Waals surface area contributed by atoms with Gasteiger partial charge < -0.3 is 10.6 Å². The number of hydrogen-bond acceptors (Lipinski definition) is 5. The van der Waals surface area contributed by atoms with Gasteiger partial charge in [0, 0.05) is 12.5 Å². The molecule has 2 aromatic heterocycles. The van der Waals surface area contributed by atoms with Gasteiger partial charge in [0.2, 0.25) is 5.91 Å². The number of nitrogens with zero attached hydrogens (tertiary/aromatic N) is 4. The summed E-state index contributed by atoms with van der Waals surface area (Å²) in [7, 11) is 0. The van der Waals surface area contributed by atoms with Gasteiger partial charge in [-0.2, -0.15) is 5.10 Å². The zero-order valence-electron chi connectivity index (χ0n) is 11.6. The molecule has 0 fully saturated rings. The number of aromatic nitrogens is 4. The highest BCUT2D eigenvalue weighted by Crippen LogP contribution is 2.10. The van der Waals surface area contributed by atoms with Gasteiger partial charge in [0.1, 0.15) is 12.7 Å². The third-order valence-electron chi connectivity index (χ3n) is 2.82. The van der Waals surface area contributed by atoms with E-state index in [1.165, 1.54) is 6.33 Å². The average molecular weight is 274 g/mol. The van der Waals surface area contributed by atoms with Crippen molar-refractivity contribution >= 4 is 11.6 Å². The Hall–Kier alpha value is -2.28. The quantitative estimate of drug-likeness (QED) is 0.815. The van der Waals surface area contributed by atoms with Crippen LogP contribution in [0.2, 0.25) is 0 Å². The zero-order valence-corrected chi connectivity index (χ0v) is 11.6. The van der Waals surface area contributed by atoms with Crippen LogP contribution in [-0.2, 0) is 4.79 Å². The largest absolute Gasteiger partial charge is 0.324 e. The van der Waals surface area contributed by atoms with Crippen LogP contribution < -0.4 is 10.6 Å². The van der Waals surface area contributed by atoms with Gasteiger partial charge in [0.25, 0.3) is 0 Å². The van der Waals surface area contributed by atoms with Crippen molar-refractivity contribution in [3.05, 3.63) is 31.0 Å². The second kappa shape index (κ2) is 6.76. The highest BCUT2D eigenvalue weighted by Gasteiger charge is 2.12. The van der Waals surface area contributed by atoms with Gasteiger partial charge in [-0.05, 0) is 18.7 Å². The van der Waals surface area contributed by atoms with Crippen molar-refractivity contribution in [1.29, 1.82) is 0 Å². The summed E-state index contributed by atoms with van der Waals surface area (Å²) < 4.78 is 1.55. The molecule has 2 rings (SSSR count). The fourth-order valence-electron chi connectivity index (χ4n) is 1.64. The molecule has 0 spiro atoms. The van der Waals surface area contributed by atoms with E-state index in [2.05, 4.69) is 25.7 Å². The molecule has 1 unspecified atom stereocenters. The smallest absolute Gasteiger partial charge is 0.228 e. The summed E-state index contributed by atoms with van der Waals surface area (Å²) in [5, 5.41) is 9.97. The minimum Gasteiger partial charge on any atom is -0.324 e. The van der Waals surface area contributed by atoms with E-state index in [0.717, 1.165) is 6.54 Å². The molecule has 0 bridgehead atoms. The SMILES string of the molecule is CCNCC(C)C(=O)Nc1ccc(-n2cncn2)nc1. The maximum absolute atomic E-state index is 11.9. The van der Waals surface area contributed by atoms with Crippen LogP contribution in [0.3, 0.4) is 0 Å². The maximum atomic E-state index is 11.9. The monoisotopic (exact) mass is 274 g/mol. The van der Waals surface area contributed by atoms with Gasteiger partial charge in [-0.25, -0.2) is 14.6 Å². The summed E-state index contributed by atoms with van der Waals surface area (Å²) in [6.45, 7) is 5.41. The number of amides is 1. The van der Waals surface area contributed by atoms with Crippen molar-refractivity contribution in [3.63, 3.8) is 0 Å². The standard InChI is InChI=1S/C13H18N6O/c1-3-14-6-10(2)13(20)18-11-4-5-12(16-7-11)19-9-15-8-17-19/h4-5,7-10,14H,3,6H2,1-2H3,(H,18,20). The molecule has 0 aromatic carbocycles. The minimum atomic E-state index is -0.0926. The first-order valence-electron chi connectivity index (χ1n) is 6.53. The topological polar surface area (TPSA) is 84.7 Å². The summed E-state index contributed by atoms with van der Waals surface area (Å²) in [6.07, 6.45) is 4.62. The van der Waals surface area contributed by atoms with Gasteiger partial charge in [-0.15, -0.1) is 0 Å². The molecule has 7 heteroatoms. The second-order valence-corrected chi connectivity index (χ2v) is 4.44. The third-order valence-corrected chi connectivity index (χ3v) is 2.82. The van der Waals surface area contributed by atoms with Crippen molar-refractivity contribution in [2.75, 3.05) is 18.4 Å². The Morgan fingerprint density at radius 3 is 2.90 bits per heavy atom. The first-order chi connectivity index (χ1) is 9.70. The predicted molar refractivity (Wildman–Crippen MR) is 75.5 cm³/mol. The van der Waals surface area contributed by atoms with E-state index in [-0.39, 0.29) is 11.8 Å². The van der Waals surface area contributed by atoms with Crippen molar-refractivity contribution in [3.8, 4) is 5.82 Å². The van der Waals surface area contributed by atoms with Crippen LogP contribution in [-0.4, -0.2) is 38.7 Å². The molecule has 2 aromatic rings. The molecule has 0 saturated heterocycles. The summed E-state index contributed by atoms with van der Waals surface area (Å²) >= 11 is 0. The Morgan fingerprint density at radius 2 is 2.30 bits per heavy atom. The molecule has 0 saturated carbocycles. The number of hydrogen-bond donors (Lipinski definition) is 2. The van der Waals surface area contributed by atoms with Gasteiger partial charge in [-0.1, -0.05) is 13.8 Å². The van der Waals surface area contributed by atoms with Gasteiger partial charge in [0.05, 0.1) is 11.9 Å². The lowest BCUT2D eigenvalue weighted by molar-refractivity contribution is -0.119. The predicted octanol–water partition coefficient (Wildman–Crippen LogP) is 0.846. The van der Waals surface area contributed by atoms with Gasteiger partial charge in [-0.3, -0.25) is 4.79 Å². The number of pyridine rings is 1. The lowest BCUT2D eigenvalue weighted by Gasteiger charge is -2.12. The molecule has 0 aliphatic heterocycles. The van der Waals surface area contributed by atoms with Crippen LogP contribution in [0.15, 0.2) is 31.0 Å². The fourth-order valence-corrected chi connectivity index (χ4v) is 1.64. The van der Waals surface area contributed by atoms with Crippen LogP contribution >= 0.6 is 0 Å². The molecule has 1 amide bonds. The number of carbonyl (C=O) groups excluding carboxylic acids is 1. The van der Waals surface area contributed by atoms with E-state index in [1.54, 1.807) is 29.3 Å². The lowest BCUT2D eigenvalue weighted by atomic mass is 10.1. The second-order valence-electron chi connectivity index (χ2n) is 4.44. The molecule has 20 heavy (non-hydrogen) atoms. The lowest BCUT2D eigenvalue weighted by Crippen LogP contribution is -2.30. The third kappa shape index (κ3) is 3.61. The van der Waals surface area contributed by atoms with E-state index in [1.807, 2.05) is 13.8 Å². The Morgan fingerprint density at radius 1 is 1.45 bits per heavy atom. The van der Waals surface area contributed by atoms with E-state index in [0.29, 0.717) is 18.1 Å². The molecular weight excluding hydrogens is 256 g/mol. The van der Waals surface area contributed by atoms with Crippen LogP contribution in [0.5, 0.6) is 0 Å². The van der Waals surface area contributed by atoms with E-state index in [4.69, 9.17) is 0 Å². The van der Waals surface area contributed by atoms with Crippen LogP contribution in [0, 0.1) is 5.92 Å². The molecule has 2 heterocycles. The molecule has 0 aliphatic rings. The molecular formula is C13H18N6O. The van der Waals surface area contributed by atoms with Gasteiger partial charge in [0.15, 0.2) is 5.82 Å². The van der Waals surface area contributed by atoms with Crippen LogP contribution in [0.25, 0.3) is 5.82 Å². The van der Waals surface area contributed by atoms with Crippen LogP contribution in [0.1, 0.15) is 13.8 Å². The first kappa shape index (κ1) is 14.1. The summed E-state index contributed by atoms with van der Waals surface area (Å²) in [6, 6.07) is 3.57. The van der Waals surface area contributed by atoms with E-state index in [9.17, 15) is 4.79 Å². The number of rotatable bonds is 6. The first-order valence-corrected chi connectivity index (χ1v) is 6.53. The summed E-state index contributed by atoms with van der Waals surface area (Å²) in [4.78, 5) is 20.0. The Balaban J connectivity index is 1.95. The van der Waals surface area contributed by atoms with Gasteiger partial charge >= 0.3 is 0 Å². The molecule has 0 aliphatic carbocycles.